The van der Waals surface area contributed by atoms with Gasteiger partial charge in [-0.05, 0) is 12.5 Å². The Morgan fingerprint density at radius 1 is 1.38 bits per heavy atom. The molecule has 1 atom stereocenters. The zero-order valence-electron chi connectivity index (χ0n) is 12.1. The van der Waals surface area contributed by atoms with Gasteiger partial charge in [-0.15, -0.1) is 0 Å². The number of nitrogens with zero attached hydrogens (tertiary/aromatic N) is 1. The van der Waals surface area contributed by atoms with Crippen LogP contribution in [0.3, 0.4) is 0 Å². The topological polar surface area (TPSA) is 75.7 Å². The van der Waals surface area contributed by atoms with Gasteiger partial charge in [0, 0.05) is 5.56 Å². The molecule has 1 aromatic carbocycles. The molecule has 6 nitrogen and oxygen atoms in total. The largest absolute Gasteiger partial charge is 0.496 e. The maximum absolute atomic E-state index is 12.4. The van der Waals surface area contributed by atoms with E-state index in [-0.39, 0.29) is 18.9 Å². The minimum atomic E-state index is -0.593. The second-order valence-corrected chi connectivity index (χ2v) is 4.85. The van der Waals surface area contributed by atoms with Crippen molar-refractivity contribution in [2.24, 2.45) is 0 Å². The second kappa shape index (κ2) is 6.39. The minimum absolute atomic E-state index is 0.0851. The Morgan fingerprint density at radius 3 is 2.76 bits per heavy atom. The van der Waals surface area contributed by atoms with Crippen LogP contribution in [0.2, 0.25) is 0 Å². The summed E-state index contributed by atoms with van der Waals surface area (Å²) in [6.07, 6.45) is 0.567. The summed E-state index contributed by atoms with van der Waals surface area (Å²) in [6.45, 7) is 1.72. The molecule has 1 aliphatic rings. The number of methoxy groups -OCH3 is 1. The Balaban J connectivity index is 2.18. The molecule has 0 radical (unpaired) electrons. The summed E-state index contributed by atoms with van der Waals surface area (Å²) >= 11 is 0. The number of benzene rings is 1. The molecular formula is C15H18N2O4. The number of carbonyl (C=O) groups is 3. The number of carbonyl (C=O) groups excluding carboxylic acids is 3. The number of nitrogens with one attached hydrogen (secondary N) is 1. The number of para-hydroxylation sites is 1. The third-order valence-corrected chi connectivity index (χ3v) is 3.50. The SMILES string of the molecule is CCC1C(=O)NC(=O)CN1C(=O)Cc1ccccc1OC. The van der Waals surface area contributed by atoms with E-state index in [1.165, 1.54) is 12.0 Å². The molecule has 112 valence electrons. The smallest absolute Gasteiger partial charge is 0.249 e. The first kappa shape index (κ1) is 15.0. The molecule has 1 heterocycles. The Bertz CT molecular complexity index is 571. The first-order chi connectivity index (χ1) is 10.1. The molecule has 0 saturated carbocycles. The van der Waals surface area contributed by atoms with Gasteiger partial charge in [-0.2, -0.15) is 0 Å². The fourth-order valence-electron chi connectivity index (χ4n) is 2.45. The molecule has 21 heavy (non-hydrogen) atoms. The normalized spacial score (nSPS) is 18.4. The van der Waals surface area contributed by atoms with E-state index < -0.39 is 17.9 Å². The lowest BCUT2D eigenvalue weighted by Gasteiger charge is -2.33. The number of piperazine rings is 1. The zero-order chi connectivity index (χ0) is 15.4. The van der Waals surface area contributed by atoms with Gasteiger partial charge >= 0.3 is 0 Å². The van der Waals surface area contributed by atoms with Crippen LogP contribution in [0.5, 0.6) is 5.75 Å². The van der Waals surface area contributed by atoms with Crippen LogP contribution in [-0.2, 0) is 20.8 Å². The van der Waals surface area contributed by atoms with E-state index in [9.17, 15) is 14.4 Å². The fourth-order valence-corrected chi connectivity index (χ4v) is 2.45. The average molecular weight is 290 g/mol. The van der Waals surface area contributed by atoms with E-state index in [2.05, 4.69) is 5.32 Å². The molecule has 1 N–H and O–H groups in total. The van der Waals surface area contributed by atoms with Crippen molar-refractivity contribution in [2.75, 3.05) is 13.7 Å². The van der Waals surface area contributed by atoms with Gasteiger partial charge in [0.25, 0.3) is 0 Å². The molecule has 0 bridgehead atoms. The summed E-state index contributed by atoms with van der Waals surface area (Å²) in [5, 5.41) is 2.26. The molecule has 1 saturated heterocycles. The standard InChI is InChI=1S/C15H18N2O4/c1-3-11-15(20)16-13(18)9-17(11)14(19)8-10-6-4-5-7-12(10)21-2/h4-7,11H,3,8-9H2,1-2H3,(H,16,18,20). The van der Waals surface area contributed by atoms with Crippen molar-refractivity contribution in [1.82, 2.24) is 10.2 Å². The van der Waals surface area contributed by atoms with Gasteiger partial charge in [-0.25, -0.2) is 0 Å². The maximum atomic E-state index is 12.4. The van der Waals surface area contributed by atoms with Crippen LogP contribution in [-0.4, -0.2) is 42.3 Å². The Kier molecular flexibility index (Phi) is 4.57. The maximum Gasteiger partial charge on any atom is 0.249 e. The molecule has 0 spiro atoms. The van der Waals surface area contributed by atoms with Gasteiger partial charge in [-0.3, -0.25) is 19.7 Å². The summed E-state index contributed by atoms with van der Waals surface area (Å²) in [5.74, 6) is -0.499. The highest BCUT2D eigenvalue weighted by Crippen LogP contribution is 2.20. The third-order valence-electron chi connectivity index (χ3n) is 3.50. The van der Waals surface area contributed by atoms with E-state index in [1.807, 2.05) is 19.1 Å². The molecule has 3 amide bonds. The molecule has 2 rings (SSSR count). The quantitative estimate of drug-likeness (QED) is 0.819. The fraction of sp³-hybridized carbons (Fsp3) is 0.400. The highest BCUT2D eigenvalue weighted by Gasteiger charge is 2.35. The molecule has 6 heteroatoms. The van der Waals surface area contributed by atoms with Gasteiger partial charge < -0.3 is 9.64 Å². The first-order valence-corrected chi connectivity index (χ1v) is 6.81. The number of imide groups is 1. The van der Waals surface area contributed by atoms with Gasteiger partial charge in [0.1, 0.15) is 18.3 Å². The highest BCUT2D eigenvalue weighted by molar-refractivity contribution is 6.04. The monoisotopic (exact) mass is 290 g/mol. The first-order valence-electron chi connectivity index (χ1n) is 6.81. The Hall–Kier alpha value is -2.37. The van der Waals surface area contributed by atoms with Crippen LogP contribution >= 0.6 is 0 Å². The third kappa shape index (κ3) is 3.21. The van der Waals surface area contributed by atoms with Crippen molar-refractivity contribution in [3.05, 3.63) is 29.8 Å². The highest BCUT2D eigenvalue weighted by atomic mass is 16.5. The van der Waals surface area contributed by atoms with Gasteiger partial charge in [0.2, 0.25) is 17.7 Å². The van der Waals surface area contributed by atoms with E-state index in [1.54, 1.807) is 12.1 Å². The van der Waals surface area contributed by atoms with Gasteiger partial charge in [0.05, 0.1) is 13.5 Å². The van der Waals surface area contributed by atoms with Crippen molar-refractivity contribution in [1.29, 1.82) is 0 Å². The Morgan fingerprint density at radius 2 is 2.10 bits per heavy atom. The van der Waals surface area contributed by atoms with Crippen molar-refractivity contribution < 1.29 is 19.1 Å². The van der Waals surface area contributed by atoms with Crippen molar-refractivity contribution in [3.63, 3.8) is 0 Å². The number of ether oxygens (including phenoxy) is 1. The van der Waals surface area contributed by atoms with E-state index in [4.69, 9.17) is 4.74 Å². The molecule has 0 aromatic heterocycles. The second-order valence-electron chi connectivity index (χ2n) is 4.85. The molecular weight excluding hydrogens is 272 g/mol. The predicted octanol–water partition coefficient (Wildman–Crippen LogP) is 0.501. The number of hydrogen-bond acceptors (Lipinski definition) is 4. The predicted molar refractivity (Wildman–Crippen MR) is 75.6 cm³/mol. The molecule has 1 aromatic rings. The van der Waals surface area contributed by atoms with Gasteiger partial charge in [-0.1, -0.05) is 25.1 Å². The van der Waals surface area contributed by atoms with Crippen LogP contribution in [0, 0.1) is 0 Å². The van der Waals surface area contributed by atoms with Crippen molar-refractivity contribution >= 4 is 17.7 Å². The molecule has 1 unspecified atom stereocenters. The van der Waals surface area contributed by atoms with Crippen LogP contribution in [0.15, 0.2) is 24.3 Å². The minimum Gasteiger partial charge on any atom is -0.496 e. The lowest BCUT2D eigenvalue weighted by molar-refractivity contribution is -0.149. The van der Waals surface area contributed by atoms with Crippen LogP contribution in [0.25, 0.3) is 0 Å². The van der Waals surface area contributed by atoms with Crippen LogP contribution in [0.1, 0.15) is 18.9 Å². The van der Waals surface area contributed by atoms with Crippen molar-refractivity contribution in [3.8, 4) is 5.75 Å². The molecule has 1 aliphatic heterocycles. The van der Waals surface area contributed by atoms with Crippen molar-refractivity contribution in [2.45, 2.75) is 25.8 Å². The van der Waals surface area contributed by atoms with Crippen LogP contribution < -0.4 is 10.1 Å². The average Bonchev–Trinajstić information content (AvgIpc) is 2.47. The summed E-state index contributed by atoms with van der Waals surface area (Å²) in [5.41, 5.74) is 0.735. The zero-order valence-corrected chi connectivity index (χ0v) is 12.1. The number of rotatable bonds is 4. The Labute approximate surface area is 123 Å². The van der Waals surface area contributed by atoms with E-state index >= 15 is 0 Å². The summed E-state index contributed by atoms with van der Waals surface area (Å²) in [6, 6.07) is 6.61. The lowest BCUT2D eigenvalue weighted by Crippen LogP contribution is -2.59. The summed E-state index contributed by atoms with van der Waals surface area (Å²) in [7, 11) is 1.54. The molecule has 1 fully saturated rings. The van der Waals surface area contributed by atoms with Crippen LogP contribution in [0.4, 0.5) is 0 Å². The number of amides is 3. The summed E-state index contributed by atoms with van der Waals surface area (Å²) < 4.78 is 5.21. The van der Waals surface area contributed by atoms with E-state index in [0.29, 0.717) is 12.2 Å². The molecule has 0 aliphatic carbocycles. The lowest BCUT2D eigenvalue weighted by atomic mass is 10.1. The van der Waals surface area contributed by atoms with Gasteiger partial charge in [0.15, 0.2) is 0 Å². The summed E-state index contributed by atoms with van der Waals surface area (Å²) in [4.78, 5) is 37.0. The number of hydrogen-bond donors (Lipinski definition) is 1. The van der Waals surface area contributed by atoms with E-state index in [0.717, 1.165) is 5.56 Å².